The van der Waals surface area contributed by atoms with Gasteiger partial charge < -0.3 is 14.7 Å². The first-order valence-corrected chi connectivity index (χ1v) is 11.6. The van der Waals surface area contributed by atoms with Crippen LogP contribution in [0.4, 0.5) is 11.4 Å². The van der Waals surface area contributed by atoms with Gasteiger partial charge in [-0.2, -0.15) is 0 Å². The van der Waals surface area contributed by atoms with Crippen LogP contribution in [0.25, 0.3) is 10.8 Å². The van der Waals surface area contributed by atoms with Crippen molar-refractivity contribution in [2.45, 2.75) is 19.1 Å². The predicted molar refractivity (Wildman–Crippen MR) is 136 cm³/mol. The second kappa shape index (κ2) is 9.37. The molecule has 1 aliphatic rings. The summed E-state index contributed by atoms with van der Waals surface area (Å²) in [7, 11) is 0. The third-order valence-corrected chi connectivity index (χ3v) is 6.76. The number of nitrogens with zero attached hydrogens (tertiary/aromatic N) is 2. The number of hydrogen-bond acceptors (Lipinski definition) is 4. The Morgan fingerprint density at radius 3 is 2.53 bits per heavy atom. The van der Waals surface area contributed by atoms with Gasteiger partial charge in [0.1, 0.15) is 11.9 Å². The molecule has 0 aliphatic carbocycles. The fraction of sp³-hybridized carbons (Fsp3) is 0.179. The van der Waals surface area contributed by atoms with Gasteiger partial charge in [-0.15, -0.1) is 0 Å². The standard InChI is InChI=1S/C28H25ClN2O3/c1-19(24-10-6-8-20-7-2-3-9-25(20)24)31(29)18-23-17-30(26-11-4-5-12-27(26)34-23)22-15-13-21(14-16-22)28(32)33/h2-16,19,23H,17-18H2,1H3,(H,32,33)/t19-,23?/m1/s1. The molecule has 34 heavy (non-hydrogen) atoms. The molecular weight excluding hydrogens is 448 g/mol. The number of halogens is 1. The fourth-order valence-electron chi connectivity index (χ4n) is 4.54. The van der Waals surface area contributed by atoms with Crippen LogP contribution in [0, 0.1) is 0 Å². The molecule has 0 saturated carbocycles. The third-order valence-electron chi connectivity index (χ3n) is 6.33. The van der Waals surface area contributed by atoms with Crippen LogP contribution in [-0.4, -0.2) is 34.7 Å². The van der Waals surface area contributed by atoms with E-state index >= 15 is 0 Å². The zero-order valence-electron chi connectivity index (χ0n) is 18.8. The summed E-state index contributed by atoms with van der Waals surface area (Å²) in [6.45, 7) is 3.22. The van der Waals surface area contributed by atoms with Crippen LogP contribution in [0.2, 0.25) is 0 Å². The summed E-state index contributed by atoms with van der Waals surface area (Å²) in [4.78, 5) is 13.4. The van der Waals surface area contributed by atoms with Gasteiger partial charge in [0, 0.05) is 11.7 Å². The van der Waals surface area contributed by atoms with Crippen molar-refractivity contribution in [3.05, 3.63) is 102 Å². The highest BCUT2D eigenvalue weighted by Gasteiger charge is 2.29. The third kappa shape index (κ3) is 4.32. The summed E-state index contributed by atoms with van der Waals surface area (Å²) >= 11 is 6.85. The summed E-state index contributed by atoms with van der Waals surface area (Å²) in [6, 6.07) is 29.4. The Kier molecular flexibility index (Phi) is 6.14. The van der Waals surface area contributed by atoms with Crippen molar-refractivity contribution < 1.29 is 14.6 Å². The van der Waals surface area contributed by atoms with Gasteiger partial charge in [0.15, 0.2) is 0 Å². The first kappa shape index (κ1) is 22.3. The molecular formula is C28H25ClN2O3. The Labute approximate surface area is 203 Å². The molecule has 0 spiro atoms. The quantitative estimate of drug-likeness (QED) is 0.318. The van der Waals surface area contributed by atoms with E-state index in [1.165, 1.54) is 16.3 Å². The molecule has 0 radical (unpaired) electrons. The minimum Gasteiger partial charge on any atom is -0.485 e. The Morgan fingerprint density at radius 2 is 1.74 bits per heavy atom. The number of carboxylic acids is 1. The van der Waals surface area contributed by atoms with Gasteiger partial charge in [-0.05, 0) is 71.4 Å². The van der Waals surface area contributed by atoms with E-state index in [9.17, 15) is 9.90 Å². The Hall–Kier alpha value is -3.54. The summed E-state index contributed by atoms with van der Waals surface area (Å²) in [5.74, 6) is -0.157. The van der Waals surface area contributed by atoms with E-state index in [1.807, 2.05) is 52.9 Å². The maximum absolute atomic E-state index is 11.3. The van der Waals surface area contributed by atoms with E-state index in [0.29, 0.717) is 13.1 Å². The average molecular weight is 473 g/mol. The molecule has 172 valence electrons. The molecule has 0 fully saturated rings. The van der Waals surface area contributed by atoms with Crippen molar-refractivity contribution in [1.29, 1.82) is 0 Å². The lowest BCUT2D eigenvalue weighted by Crippen LogP contribution is -2.43. The molecule has 1 unspecified atom stereocenters. The summed E-state index contributed by atoms with van der Waals surface area (Å²) < 4.78 is 8.14. The van der Waals surface area contributed by atoms with Crippen LogP contribution < -0.4 is 9.64 Å². The maximum atomic E-state index is 11.3. The smallest absolute Gasteiger partial charge is 0.335 e. The number of para-hydroxylation sites is 2. The Bertz CT molecular complexity index is 1320. The lowest BCUT2D eigenvalue weighted by Gasteiger charge is -2.38. The van der Waals surface area contributed by atoms with Gasteiger partial charge >= 0.3 is 5.97 Å². The van der Waals surface area contributed by atoms with Crippen molar-refractivity contribution in [2.75, 3.05) is 18.0 Å². The van der Waals surface area contributed by atoms with E-state index in [2.05, 4.69) is 42.2 Å². The van der Waals surface area contributed by atoms with E-state index < -0.39 is 5.97 Å². The molecule has 0 aromatic heterocycles. The molecule has 5 nitrogen and oxygen atoms in total. The van der Waals surface area contributed by atoms with Crippen molar-refractivity contribution in [2.24, 2.45) is 0 Å². The van der Waals surface area contributed by atoms with Gasteiger partial charge in [-0.1, -0.05) is 54.6 Å². The molecule has 0 amide bonds. The molecule has 1 N–H and O–H groups in total. The van der Waals surface area contributed by atoms with Crippen molar-refractivity contribution in [3.63, 3.8) is 0 Å². The predicted octanol–water partition coefficient (Wildman–Crippen LogP) is 6.65. The zero-order valence-corrected chi connectivity index (χ0v) is 19.5. The Balaban J connectivity index is 1.39. The number of hydrogen-bond donors (Lipinski definition) is 1. The summed E-state index contributed by atoms with van der Waals surface area (Å²) in [5, 5.41) is 11.6. The van der Waals surface area contributed by atoms with Gasteiger partial charge in [0.25, 0.3) is 0 Å². The largest absolute Gasteiger partial charge is 0.485 e. The number of fused-ring (bicyclic) bond motifs is 2. The average Bonchev–Trinajstić information content (AvgIpc) is 2.87. The van der Waals surface area contributed by atoms with Gasteiger partial charge in [-0.25, -0.2) is 9.21 Å². The number of rotatable bonds is 6. The normalized spacial score (nSPS) is 16.2. The first-order chi connectivity index (χ1) is 16.5. The van der Waals surface area contributed by atoms with E-state index in [0.717, 1.165) is 17.1 Å². The van der Waals surface area contributed by atoms with E-state index in [1.54, 1.807) is 12.1 Å². The number of carbonyl (C=O) groups is 1. The number of benzene rings is 4. The van der Waals surface area contributed by atoms with Crippen LogP contribution in [0.5, 0.6) is 5.75 Å². The molecule has 5 rings (SSSR count). The number of aromatic carboxylic acids is 1. The van der Waals surface area contributed by atoms with Crippen LogP contribution in [0.15, 0.2) is 91.0 Å². The monoisotopic (exact) mass is 472 g/mol. The number of ether oxygens (including phenoxy) is 1. The van der Waals surface area contributed by atoms with Crippen molar-refractivity contribution in [1.82, 2.24) is 4.42 Å². The molecule has 2 atom stereocenters. The highest BCUT2D eigenvalue weighted by molar-refractivity contribution is 6.13. The first-order valence-electron chi connectivity index (χ1n) is 11.3. The number of anilines is 2. The lowest BCUT2D eigenvalue weighted by molar-refractivity contribution is 0.0697. The van der Waals surface area contributed by atoms with E-state index in [4.69, 9.17) is 16.5 Å². The fourth-order valence-corrected chi connectivity index (χ4v) is 4.80. The van der Waals surface area contributed by atoms with Gasteiger partial charge in [-0.3, -0.25) is 0 Å². The molecule has 6 heteroatoms. The number of carboxylic acid groups (broad SMARTS) is 1. The molecule has 4 aromatic carbocycles. The topological polar surface area (TPSA) is 53.0 Å². The minimum absolute atomic E-state index is 0.0168. The maximum Gasteiger partial charge on any atom is 0.335 e. The van der Waals surface area contributed by atoms with Crippen molar-refractivity contribution in [3.8, 4) is 5.75 Å². The summed E-state index contributed by atoms with van der Waals surface area (Å²) in [6.07, 6.45) is -0.177. The van der Waals surface area contributed by atoms with Crippen LogP contribution in [-0.2, 0) is 0 Å². The molecule has 0 bridgehead atoms. The lowest BCUT2D eigenvalue weighted by atomic mass is 9.99. The highest BCUT2D eigenvalue weighted by atomic mass is 35.5. The molecule has 0 saturated heterocycles. The molecule has 1 heterocycles. The van der Waals surface area contributed by atoms with E-state index in [-0.39, 0.29) is 17.7 Å². The zero-order chi connectivity index (χ0) is 23.7. The minimum atomic E-state index is -0.938. The SMILES string of the molecule is C[C@H](c1cccc2ccccc12)N(Cl)CC1CN(c2ccc(C(=O)O)cc2)c2ccccc2O1. The molecule has 4 aromatic rings. The second-order valence-corrected chi connectivity index (χ2v) is 8.93. The molecule has 1 aliphatic heterocycles. The highest BCUT2D eigenvalue weighted by Crippen LogP contribution is 2.39. The Morgan fingerprint density at radius 1 is 1.03 bits per heavy atom. The summed E-state index contributed by atoms with van der Waals surface area (Å²) in [5.41, 5.74) is 3.29. The van der Waals surface area contributed by atoms with Crippen LogP contribution >= 0.6 is 11.8 Å². The van der Waals surface area contributed by atoms with Crippen LogP contribution in [0.3, 0.4) is 0 Å². The second-order valence-electron chi connectivity index (χ2n) is 8.50. The van der Waals surface area contributed by atoms with Crippen molar-refractivity contribution >= 4 is 39.9 Å². The van der Waals surface area contributed by atoms with Gasteiger partial charge in [0.2, 0.25) is 0 Å². The van der Waals surface area contributed by atoms with Crippen LogP contribution in [0.1, 0.15) is 28.9 Å². The van der Waals surface area contributed by atoms with Gasteiger partial charge in [0.05, 0.1) is 24.3 Å².